The fourth-order valence-electron chi connectivity index (χ4n) is 2.50. The number of unbranched alkanes of at least 4 members (excludes halogenated alkanes) is 3. The second-order valence-electron chi connectivity index (χ2n) is 6.09. The summed E-state index contributed by atoms with van der Waals surface area (Å²) < 4.78 is 5.48. The zero-order valence-electron chi connectivity index (χ0n) is 15.5. The largest absolute Gasteiger partial charge is 0.351 e. The molecule has 27 heavy (non-hydrogen) atoms. The quantitative estimate of drug-likeness (QED) is 0.100. The van der Waals surface area contributed by atoms with Gasteiger partial charge in [-0.05, 0) is 37.8 Å². The highest BCUT2D eigenvalue weighted by Gasteiger charge is 2.13. The molecule has 0 saturated carbocycles. The van der Waals surface area contributed by atoms with Crippen LogP contribution in [-0.4, -0.2) is 36.1 Å². The number of hydrogen-bond acceptors (Lipinski definition) is 7. The summed E-state index contributed by atoms with van der Waals surface area (Å²) in [6, 6.07) is 3.65. The topological polar surface area (TPSA) is 104 Å². The fraction of sp³-hybridized carbons (Fsp3) is 0.611. The van der Waals surface area contributed by atoms with E-state index in [1.165, 1.54) is 6.42 Å². The van der Waals surface area contributed by atoms with Crippen molar-refractivity contribution in [1.82, 2.24) is 15.2 Å². The van der Waals surface area contributed by atoms with Crippen molar-refractivity contribution in [2.45, 2.75) is 51.2 Å². The van der Waals surface area contributed by atoms with Gasteiger partial charge in [-0.15, -0.1) is 4.89 Å². The Bertz CT molecular complexity index is 575. The molecule has 0 spiro atoms. The van der Waals surface area contributed by atoms with Gasteiger partial charge in [-0.3, -0.25) is 20.1 Å². The van der Waals surface area contributed by atoms with E-state index in [2.05, 4.69) is 25.5 Å². The summed E-state index contributed by atoms with van der Waals surface area (Å²) in [5.74, 6) is 1.46. The summed E-state index contributed by atoms with van der Waals surface area (Å²) in [7, 11) is 0. The van der Waals surface area contributed by atoms with Crippen LogP contribution in [0.3, 0.4) is 0 Å². The molecule has 2 heterocycles. The Balaban J connectivity index is 1.47. The molecule has 8 nitrogen and oxygen atoms in total. The number of hydrogen-bond donors (Lipinski definition) is 3. The van der Waals surface area contributed by atoms with Crippen LogP contribution in [0.25, 0.3) is 0 Å². The van der Waals surface area contributed by atoms with Crippen molar-refractivity contribution in [3.8, 4) is 6.19 Å². The summed E-state index contributed by atoms with van der Waals surface area (Å²) in [6.07, 6.45) is 12.8. The molecule has 1 aliphatic rings. The average molecular weight is 393 g/mol. The van der Waals surface area contributed by atoms with Gasteiger partial charge in [0, 0.05) is 43.4 Å². The standard InChI is InChI=1S/C18H28N6O2S/c19-15-22-18(23-16-8-11-20-12-9-16)21-10-4-1-2-6-14-27-24-26-17-7-3-5-13-25-17/h8-9,11-12,17,24H,1-7,10,13-14H2,(H2,20,21,22,23). The van der Waals surface area contributed by atoms with Gasteiger partial charge in [0.05, 0.1) is 0 Å². The maximum absolute atomic E-state index is 8.82. The van der Waals surface area contributed by atoms with Gasteiger partial charge in [0.2, 0.25) is 5.96 Å². The summed E-state index contributed by atoms with van der Waals surface area (Å²) >= 11 is 1.58. The SMILES string of the molecule is N#CNC(=NCCCCCCSNOC1CCCCO1)Nc1ccncc1. The van der Waals surface area contributed by atoms with Crippen molar-refractivity contribution in [2.75, 3.05) is 24.2 Å². The number of anilines is 1. The minimum absolute atomic E-state index is 0.0962. The van der Waals surface area contributed by atoms with Crippen molar-refractivity contribution in [1.29, 1.82) is 5.26 Å². The lowest BCUT2D eigenvalue weighted by atomic mass is 10.2. The molecule has 9 heteroatoms. The molecule has 1 saturated heterocycles. The van der Waals surface area contributed by atoms with Crippen LogP contribution in [0.4, 0.5) is 5.69 Å². The molecule has 1 atom stereocenters. The number of pyridine rings is 1. The fourth-order valence-corrected chi connectivity index (χ4v) is 3.11. The van der Waals surface area contributed by atoms with E-state index < -0.39 is 0 Å². The highest BCUT2D eigenvalue weighted by Crippen LogP contribution is 2.14. The van der Waals surface area contributed by atoms with E-state index in [1.54, 1.807) is 24.3 Å². The first-order chi connectivity index (χ1) is 13.4. The Hall–Kier alpha value is -1.86. The van der Waals surface area contributed by atoms with E-state index in [-0.39, 0.29) is 6.29 Å². The van der Waals surface area contributed by atoms with Crippen LogP contribution in [0.5, 0.6) is 0 Å². The Morgan fingerprint density at radius 1 is 1.30 bits per heavy atom. The summed E-state index contributed by atoms with van der Waals surface area (Å²) in [5, 5.41) is 14.5. The van der Waals surface area contributed by atoms with Gasteiger partial charge < -0.3 is 10.1 Å². The number of guanidine groups is 1. The smallest absolute Gasteiger partial charge is 0.209 e. The molecule has 0 bridgehead atoms. The van der Waals surface area contributed by atoms with E-state index in [9.17, 15) is 0 Å². The molecule has 0 aliphatic carbocycles. The number of nitriles is 1. The first-order valence-electron chi connectivity index (χ1n) is 9.39. The Labute approximate surface area is 165 Å². The van der Waals surface area contributed by atoms with E-state index in [0.717, 1.165) is 56.6 Å². The molecule has 0 radical (unpaired) electrons. The van der Waals surface area contributed by atoms with Crippen LogP contribution in [0.2, 0.25) is 0 Å². The first-order valence-corrected chi connectivity index (χ1v) is 10.4. The van der Waals surface area contributed by atoms with Crippen LogP contribution in [0.15, 0.2) is 29.5 Å². The molecular weight excluding hydrogens is 364 g/mol. The third-order valence-corrected chi connectivity index (χ3v) is 4.63. The van der Waals surface area contributed by atoms with Gasteiger partial charge in [-0.1, -0.05) is 24.8 Å². The minimum Gasteiger partial charge on any atom is -0.351 e. The molecule has 1 aromatic rings. The summed E-state index contributed by atoms with van der Waals surface area (Å²) in [4.78, 5) is 16.7. The number of nitrogens with one attached hydrogen (secondary N) is 3. The monoisotopic (exact) mass is 392 g/mol. The third kappa shape index (κ3) is 10.2. The molecule has 3 N–H and O–H groups in total. The van der Waals surface area contributed by atoms with Crippen molar-refractivity contribution < 1.29 is 9.57 Å². The van der Waals surface area contributed by atoms with Gasteiger partial charge in [-0.25, -0.2) is 0 Å². The number of rotatable bonds is 11. The second-order valence-corrected chi connectivity index (χ2v) is 6.95. The molecule has 0 aromatic carbocycles. The lowest BCUT2D eigenvalue weighted by molar-refractivity contribution is -0.177. The molecular formula is C18H28N6O2S. The zero-order valence-corrected chi connectivity index (χ0v) is 16.3. The van der Waals surface area contributed by atoms with E-state index in [0.29, 0.717) is 12.5 Å². The Kier molecular flexibility index (Phi) is 11.3. The highest BCUT2D eigenvalue weighted by molar-refractivity contribution is 7.97. The maximum Gasteiger partial charge on any atom is 0.209 e. The van der Waals surface area contributed by atoms with E-state index >= 15 is 0 Å². The van der Waals surface area contributed by atoms with Crippen molar-refractivity contribution in [3.05, 3.63) is 24.5 Å². The number of aliphatic imine (C=N–C) groups is 1. The van der Waals surface area contributed by atoms with Crippen LogP contribution in [-0.2, 0) is 9.57 Å². The van der Waals surface area contributed by atoms with Crippen LogP contribution in [0.1, 0.15) is 44.9 Å². The maximum atomic E-state index is 8.82. The van der Waals surface area contributed by atoms with Crippen molar-refractivity contribution in [3.63, 3.8) is 0 Å². The van der Waals surface area contributed by atoms with Crippen molar-refractivity contribution in [2.24, 2.45) is 4.99 Å². The van der Waals surface area contributed by atoms with Gasteiger partial charge in [0.1, 0.15) is 0 Å². The van der Waals surface area contributed by atoms with E-state index in [1.807, 2.05) is 18.3 Å². The molecule has 0 amide bonds. The predicted octanol–water partition coefficient (Wildman–Crippen LogP) is 3.18. The number of nitrogens with zero attached hydrogens (tertiary/aromatic N) is 3. The third-order valence-electron chi connectivity index (χ3n) is 3.92. The summed E-state index contributed by atoms with van der Waals surface area (Å²) in [6.45, 7) is 1.47. The average Bonchev–Trinajstić information content (AvgIpc) is 2.71. The van der Waals surface area contributed by atoms with Gasteiger partial charge in [-0.2, -0.15) is 5.26 Å². The Morgan fingerprint density at radius 2 is 2.15 bits per heavy atom. The van der Waals surface area contributed by atoms with Gasteiger partial charge in [0.15, 0.2) is 12.5 Å². The molecule has 2 rings (SSSR count). The molecule has 1 aromatic heterocycles. The van der Waals surface area contributed by atoms with Gasteiger partial charge >= 0.3 is 0 Å². The van der Waals surface area contributed by atoms with Crippen LogP contribution < -0.4 is 15.5 Å². The molecule has 1 aliphatic heterocycles. The number of ether oxygens (including phenoxy) is 1. The predicted molar refractivity (Wildman–Crippen MR) is 108 cm³/mol. The molecule has 1 unspecified atom stereocenters. The second kappa shape index (κ2) is 14.2. The van der Waals surface area contributed by atoms with E-state index in [4.69, 9.17) is 14.8 Å². The summed E-state index contributed by atoms with van der Waals surface area (Å²) in [5.41, 5.74) is 0.844. The lowest BCUT2D eigenvalue weighted by Crippen LogP contribution is -2.27. The lowest BCUT2D eigenvalue weighted by Gasteiger charge is -2.21. The molecule has 1 fully saturated rings. The number of aromatic nitrogens is 1. The minimum atomic E-state index is -0.0962. The highest BCUT2D eigenvalue weighted by atomic mass is 32.2. The van der Waals surface area contributed by atoms with Crippen LogP contribution >= 0.6 is 11.9 Å². The molecule has 148 valence electrons. The zero-order chi connectivity index (χ0) is 19.0. The normalized spacial score (nSPS) is 17.3. The Morgan fingerprint density at radius 3 is 2.93 bits per heavy atom. The van der Waals surface area contributed by atoms with Crippen molar-refractivity contribution >= 4 is 23.6 Å². The van der Waals surface area contributed by atoms with Gasteiger partial charge in [0.25, 0.3) is 0 Å². The van der Waals surface area contributed by atoms with Crippen LogP contribution in [0, 0.1) is 11.5 Å². The first kappa shape index (κ1) is 21.4.